The highest BCUT2D eigenvalue weighted by molar-refractivity contribution is 6.05. The van der Waals surface area contributed by atoms with Crippen LogP contribution in [-0.2, 0) is 11.8 Å². The van der Waals surface area contributed by atoms with Crippen LogP contribution in [0.15, 0.2) is 49.3 Å². The van der Waals surface area contributed by atoms with Crippen molar-refractivity contribution in [3.63, 3.8) is 0 Å². The average Bonchev–Trinajstić information content (AvgIpc) is 3.14. The summed E-state index contributed by atoms with van der Waals surface area (Å²) in [5, 5.41) is 0.805. The van der Waals surface area contributed by atoms with Gasteiger partial charge < -0.3 is 15.2 Å². The van der Waals surface area contributed by atoms with E-state index >= 15 is 0 Å². The number of halogens is 1. The number of aryl methyl sites for hydroxylation is 1. The van der Waals surface area contributed by atoms with Crippen LogP contribution in [0.1, 0.15) is 37.8 Å². The number of hydrogen-bond acceptors (Lipinski definition) is 4. The zero-order chi connectivity index (χ0) is 23.2. The number of rotatable bonds is 3. The first-order chi connectivity index (χ1) is 15.9. The van der Waals surface area contributed by atoms with Crippen molar-refractivity contribution >= 4 is 28.3 Å². The molecule has 0 bridgehead atoms. The molecule has 0 saturated carbocycles. The predicted molar refractivity (Wildman–Crippen MR) is 129 cm³/mol. The standard InChI is InChI=1S/C26H28FN5O/c1-3-20(33)32-14-12-26(13-15-32)10-8-18(9-11-26)23-21(17-4-6-19(27)7-5-17)22-24(28)29-16-30-25(22)31(23)2/h3-8,16H,1,9-15H2,2H3,(H2,28,29,30). The molecule has 0 radical (unpaired) electrons. The predicted octanol–water partition coefficient (Wildman–Crippen LogP) is 4.72. The van der Waals surface area contributed by atoms with Crippen LogP contribution >= 0.6 is 0 Å². The fourth-order valence-electron chi connectivity index (χ4n) is 5.49. The van der Waals surface area contributed by atoms with Crippen molar-refractivity contribution < 1.29 is 9.18 Å². The zero-order valence-electron chi connectivity index (χ0n) is 18.9. The van der Waals surface area contributed by atoms with Crippen molar-refractivity contribution in [1.29, 1.82) is 0 Å². The number of nitrogens with two attached hydrogens (primary N) is 1. The lowest BCUT2D eigenvalue weighted by atomic mass is 9.68. The molecule has 1 fully saturated rings. The first-order valence-electron chi connectivity index (χ1n) is 11.4. The third kappa shape index (κ3) is 3.61. The van der Waals surface area contributed by atoms with Crippen LogP contribution in [0.4, 0.5) is 10.2 Å². The number of nitrogen functional groups attached to an aromatic ring is 1. The Labute approximate surface area is 192 Å². The highest BCUT2D eigenvalue weighted by Gasteiger charge is 2.37. The summed E-state index contributed by atoms with van der Waals surface area (Å²) >= 11 is 0. The van der Waals surface area contributed by atoms with E-state index in [2.05, 4.69) is 27.2 Å². The van der Waals surface area contributed by atoms with E-state index < -0.39 is 0 Å². The third-order valence-corrected chi connectivity index (χ3v) is 7.45. The summed E-state index contributed by atoms with van der Waals surface area (Å²) in [6, 6.07) is 6.52. The maximum Gasteiger partial charge on any atom is 0.245 e. The number of aromatic nitrogens is 3. The molecule has 1 aliphatic carbocycles. The first-order valence-corrected chi connectivity index (χ1v) is 11.4. The van der Waals surface area contributed by atoms with Gasteiger partial charge in [0.2, 0.25) is 5.91 Å². The number of allylic oxidation sites excluding steroid dienone is 2. The van der Waals surface area contributed by atoms with E-state index in [1.54, 1.807) is 12.1 Å². The van der Waals surface area contributed by atoms with Crippen molar-refractivity contribution in [2.75, 3.05) is 18.8 Å². The van der Waals surface area contributed by atoms with Gasteiger partial charge in [-0.05, 0) is 66.9 Å². The molecule has 3 aromatic rings. The highest BCUT2D eigenvalue weighted by Crippen LogP contribution is 2.48. The van der Waals surface area contributed by atoms with Gasteiger partial charge in [0.05, 0.1) is 11.1 Å². The fourth-order valence-corrected chi connectivity index (χ4v) is 5.49. The summed E-state index contributed by atoms with van der Waals surface area (Å²) in [7, 11) is 2.00. The second-order valence-corrected chi connectivity index (χ2v) is 9.21. The average molecular weight is 446 g/mol. The Morgan fingerprint density at radius 1 is 1.18 bits per heavy atom. The van der Waals surface area contributed by atoms with Gasteiger partial charge in [-0.15, -0.1) is 0 Å². The zero-order valence-corrected chi connectivity index (χ0v) is 18.9. The number of amides is 1. The second-order valence-electron chi connectivity index (χ2n) is 9.21. The van der Waals surface area contributed by atoms with Gasteiger partial charge in [-0.25, -0.2) is 14.4 Å². The van der Waals surface area contributed by atoms with E-state index in [0.717, 1.165) is 73.0 Å². The maximum atomic E-state index is 13.7. The van der Waals surface area contributed by atoms with Crippen LogP contribution in [0.25, 0.3) is 27.7 Å². The molecule has 6 nitrogen and oxygen atoms in total. The molecular weight excluding hydrogens is 417 g/mol. The Bertz CT molecular complexity index is 1270. The van der Waals surface area contributed by atoms with Gasteiger partial charge in [-0.3, -0.25) is 4.79 Å². The number of carbonyl (C=O) groups is 1. The van der Waals surface area contributed by atoms with Crippen molar-refractivity contribution in [3.8, 4) is 11.1 Å². The van der Waals surface area contributed by atoms with Gasteiger partial charge in [-0.1, -0.05) is 24.8 Å². The molecule has 3 heterocycles. The van der Waals surface area contributed by atoms with Crippen LogP contribution in [-0.4, -0.2) is 38.4 Å². The maximum absolute atomic E-state index is 13.7. The van der Waals surface area contributed by atoms with E-state index in [1.165, 1.54) is 30.1 Å². The summed E-state index contributed by atoms with van der Waals surface area (Å²) in [5.74, 6) is 0.174. The molecule has 1 saturated heterocycles. The quantitative estimate of drug-likeness (QED) is 0.592. The molecule has 2 aliphatic rings. The Balaban J connectivity index is 1.53. The number of piperidine rings is 1. The van der Waals surface area contributed by atoms with E-state index in [4.69, 9.17) is 5.73 Å². The summed E-state index contributed by atoms with van der Waals surface area (Å²) in [4.78, 5) is 22.6. The number of anilines is 1. The van der Waals surface area contributed by atoms with E-state index in [0.29, 0.717) is 5.82 Å². The second kappa shape index (κ2) is 8.14. The molecule has 0 unspecified atom stereocenters. The number of carbonyl (C=O) groups excluding carboxylic acids is 1. The minimum absolute atomic E-state index is 0.0232. The van der Waals surface area contributed by atoms with Gasteiger partial charge in [0.25, 0.3) is 0 Å². The monoisotopic (exact) mass is 445 g/mol. The lowest BCUT2D eigenvalue weighted by molar-refractivity contribution is -0.128. The van der Waals surface area contributed by atoms with Crippen LogP contribution < -0.4 is 5.73 Å². The molecule has 7 heteroatoms. The lowest BCUT2D eigenvalue weighted by Crippen LogP contribution is -2.43. The number of hydrogen-bond donors (Lipinski definition) is 1. The normalized spacial score (nSPS) is 17.9. The highest BCUT2D eigenvalue weighted by atomic mass is 19.1. The molecular formula is C26H28FN5O. The molecule has 1 amide bonds. The van der Waals surface area contributed by atoms with Crippen LogP contribution in [0, 0.1) is 11.2 Å². The van der Waals surface area contributed by atoms with Crippen LogP contribution in [0.2, 0.25) is 0 Å². The number of fused-ring (bicyclic) bond motifs is 1. The van der Waals surface area contributed by atoms with E-state index in [1.807, 2.05) is 11.9 Å². The third-order valence-electron chi connectivity index (χ3n) is 7.45. The van der Waals surface area contributed by atoms with Crippen LogP contribution in [0.3, 0.4) is 0 Å². The first kappa shape index (κ1) is 21.4. The Morgan fingerprint density at radius 2 is 1.91 bits per heavy atom. The summed E-state index contributed by atoms with van der Waals surface area (Å²) < 4.78 is 15.7. The van der Waals surface area contributed by atoms with Gasteiger partial charge in [0.1, 0.15) is 23.6 Å². The molecule has 1 spiro atoms. The van der Waals surface area contributed by atoms with Crippen molar-refractivity contribution in [1.82, 2.24) is 19.4 Å². The minimum atomic E-state index is -0.273. The van der Waals surface area contributed by atoms with Gasteiger partial charge in [0, 0.05) is 25.7 Å². The van der Waals surface area contributed by atoms with E-state index in [9.17, 15) is 9.18 Å². The summed E-state index contributed by atoms with van der Waals surface area (Å²) in [6.45, 7) is 5.18. The fraction of sp³-hybridized carbons (Fsp3) is 0.346. The Morgan fingerprint density at radius 3 is 2.55 bits per heavy atom. The largest absolute Gasteiger partial charge is 0.383 e. The smallest absolute Gasteiger partial charge is 0.245 e. The van der Waals surface area contributed by atoms with Crippen molar-refractivity contribution in [3.05, 3.63) is 60.8 Å². The Hall–Kier alpha value is -3.48. The lowest BCUT2D eigenvalue weighted by Gasteiger charge is -2.43. The SMILES string of the molecule is C=CC(=O)N1CCC2(CC=C(c3c(-c4ccc(F)cc4)c4c(N)ncnc4n3C)CC2)CC1. The van der Waals surface area contributed by atoms with Crippen molar-refractivity contribution in [2.24, 2.45) is 12.5 Å². The summed E-state index contributed by atoms with van der Waals surface area (Å²) in [5.41, 5.74) is 11.5. The number of likely N-dealkylation sites (tertiary alicyclic amines) is 1. The molecule has 1 aliphatic heterocycles. The molecule has 5 rings (SSSR count). The number of benzene rings is 1. The van der Waals surface area contributed by atoms with Gasteiger partial charge in [-0.2, -0.15) is 0 Å². The summed E-state index contributed by atoms with van der Waals surface area (Å²) in [6.07, 6.45) is 10.2. The van der Waals surface area contributed by atoms with Crippen LogP contribution in [0.5, 0.6) is 0 Å². The Kier molecular flexibility index (Phi) is 5.27. The molecule has 33 heavy (non-hydrogen) atoms. The molecule has 1 aromatic carbocycles. The number of nitrogens with zero attached hydrogens (tertiary/aromatic N) is 4. The van der Waals surface area contributed by atoms with E-state index in [-0.39, 0.29) is 17.1 Å². The molecule has 2 aromatic heterocycles. The van der Waals surface area contributed by atoms with Gasteiger partial charge in [0.15, 0.2) is 0 Å². The molecule has 0 atom stereocenters. The van der Waals surface area contributed by atoms with Crippen molar-refractivity contribution in [2.45, 2.75) is 32.1 Å². The molecule has 170 valence electrons. The minimum Gasteiger partial charge on any atom is -0.383 e. The van der Waals surface area contributed by atoms with Gasteiger partial charge >= 0.3 is 0 Å². The topological polar surface area (TPSA) is 77.0 Å². The molecule has 2 N–H and O–H groups in total.